The molecule has 7 heteroatoms. The molecule has 0 fully saturated rings. The molecule has 0 aromatic heterocycles. The number of anilines is 3. The topological polar surface area (TPSA) is 99.3 Å². The zero-order valence-electron chi connectivity index (χ0n) is 18.9. The maximum absolute atomic E-state index is 12.9. The molecule has 0 saturated carbocycles. The van der Waals surface area contributed by atoms with Crippen molar-refractivity contribution < 1.29 is 14.4 Å². The van der Waals surface area contributed by atoms with Crippen LogP contribution in [0.2, 0.25) is 0 Å². The summed E-state index contributed by atoms with van der Waals surface area (Å²) in [6.45, 7) is 5.61. The number of para-hydroxylation sites is 1. The fourth-order valence-corrected chi connectivity index (χ4v) is 3.25. The first-order valence-corrected chi connectivity index (χ1v) is 10.7. The van der Waals surface area contributed by atoms with Crippen molar-refractivity contribution in [1.82, 2.24) is 5.32 Å². The summed E-state index contributed by atoms with van der Waals surface area (Å²) in [6.07, 6.45) is 0. The molecule has 0 radical (unpaired) electrons. The highest BCUT2D eigenvalue weighted by atomic mass is 16.2. The van der Waals surface area contributed by atoms with E-state index in [9.17, 15) is 14.4 Å². The smallest absolute Gasteiger partial charge is 0.323 e. The molecule has 0 aliphatic heterocycles. The van der Waals surface area contributed by atoms with Gasteiger partial charge in [0.25, 0.3) is 5.91 Å². The van der Waals surface area contributed by atoms with Crippen LogP contribution in [0.4, 0.5) is 21.9 Å². The Morgan fingerprint density at radius 2 is 1.18 bits per heavy atom. The van der Waals surface area contributed by atoms with Gasteiger partial charge >= 0.3 is 6.03 Å². The van der Waals surface area contributed by atoms with Crippen LogP contribution in [0.5, 0.6) is 0 Å². The maximum Gasteiger partial charge on any atom is 0.323 e. The van der Waals surface area contributed by atoms with Crippen LogP contribution in [-0.2, 0) is 4.79 Å². The number of urea groups is 1. The first-order chi connectivity index (χ1) is 15.8. The second-order valence-electron chi connectivity index (χ2n) is 8.02. The molecule has 3 aromatic carbocycles. The van der Waals surface area contributed by atoms with Gasteiger partial charge in [-0.1, -0.05) is 50.2 Å². The molecule has 0 bridgehead atoms. The Bertz CT molecular complexity index is 1110. The van der Waals surface area contributed by atoms with Gasteiger partial charge < -0.3 is 21.3 Å². The molecule has 0 spiro atoms. The number of aryl methyl sites for hydroxylation is 1. The predicted molar refractivity (Wildman–Crippen MR) is 131 cm³/mol. The minimum atomic E-state index is -0.702. The number of carbonyl (C=O) groups excluding carboxylic acids is 3. The van der Waals surface area contributed by atoms with Gasteiger partial charge in [-0.05, 0) is 60.9 Å². The summed E-state index contributed by atoms with van der Waals surface area (Å²) < 4.78 is 0. The van der Waals surface area contributed by atoms with E-state index in [2.05, 4.69) is 21.3 Å². The van der Waals surface area contributed by atoms with Crippen molar-refractivity contribution in [3.8, 4) is 0 Å². The molecule has 1 atom stereocenters. The largest absolute Gasteiger partial charge is 0.340 e. The predicted octanol–water partition coefficient (Wildman–Crippen LogP) is 5.03. The lowest BCUT2D eigenvalue weighted by molar-refractivity contribution is -0.118. The van der Waals surface area contributed by atoms with E-state index in [0.717, 1.165) is 5.56 Å². The summed E-state index contributed by atoms with van der Waals surface area (Å²) >= 11 is 0. The third-order valence-corrected chi connectivity index (χ3v) is 5.07. The first kappa shape index (κ1) is 23.5. The van der Waals surface area contributed by atoms with Crippen molar-refractivity contribution in [2.24, 2.45) is 5.92 Å². The normalized spacial score (nSPS) is 11.4. The van der Waals surface area contributed by atoms with Gasteiger partial charge in [0.15, 0.2) is 0 Å². The van der Waals surface area contributed by atoms with Crippen LogP contribution in [-0.4, -0.2) is 23.9 Å². The van der Waals surface area contributed by atoms with Gasteiger partial charge in [0, 0.05) is 22.6 Å². The fraction of sp³-hybridized carbons (Fsp3) is 0.192. The van der Waals surface area contributed by atoms with Gasteiger partial charge in [0.2, 0.25) is 5.91 Å². The van der Waals surface area contributed by atoms with Crippen molar-refractivity contribution in [3.05, 3.63) is 90.0 Å². The number of carbonyl (C=O) groups is 3. The third kappa shape index (κ3) is 6.67. The Labute approximate surface area is 193 Å². The number of nitrogens with one attached hydrogen (secondary N) is 4. The number of hydrogen-bond acceptors (Lipinski definition) is 3. The summed E-state index contributed by atoms with van der Waals surface area (Å²) in [6, 6.07) is 22.1. The lowest BCUT2D eigenvalue weighted by Gasteiger charge is -2.22. The minimum absolute atomic E-state index is 0.111. The van der Waals surface area contributed by atoms with E-state index in [1.165, 1.54) is 0 Å². The van der Waals surface area contributed by atoms with Gasteiger partial charge in [-0.3, -0.25) is 9.59 Å². The number of amides is 4. The molecular weight excluding hydrogens is 416 g/mol. The van der Waals surface area contributed by atoms with E-state index in [4.69, 9.17) is 0 Å². The van der Waals surface area contributed by atoms with E-state index in [1.807, 2.05) is 51.1 Å². The maximum atomic E-state index is 12.9. The van der Waals surface area contributed by atoms with Gasteiger partial charge in [-0.25, -0.2) is 4.79 Å². The van der Waals surface area contributed by atoms with Gasteiger partial charge in [0.1, 0.15) is 6.04 Å². The standard InChI is InChI=1S/C26H28N4O3/c1-17(2)23(30-24(31)22-12-8-7-9-18(22)3)25(32)27-20-13-15-21(16-14-20)29-26(33)28-19-10-5-4-6-11-19/h4-17,23H,1-3H3,(H,27,32)(H,30,31)(H2,28,29,33). The van der Waals surface area contributed by atoms with Gasteiger partial charge in [-0.2, -0.15) is 0 Å². The highest BCUT2D eigenvalue weighted by Gasteiger charge is 2.25. The average molecular weight is 445 g/mol. The van der Waals surface area contributed by atoms with Crippen LogP contribution in [0.25, 0.3) is 0 Å². The zero-order chi connectivity index (χ0) is 23.8. The molecule has 1 unspecified atom stereocenters. The van der Waals surface area contributed by atoms with Crippen LogP contribution in [0.15, 0.2) is 78.9 Å². The molecule has 0 aliphatic rings. The summed E-state index contributed by atoms with van der Waals surface area (Å²) in [7, 11) is 0. The molecule has 3 aromatic rings. The second-order valence-corrected chi connectivity index (χ2v) is 8.02. The second kappa shape index (κ2) is 10.9. The van der Waals surface area contributed by atoms with Crippen molar-refractivity contribution in [3.63, 3.8) is 0 Å². The highest BCUT2D eigenvalue weighted by molar-refractivity contribution is 6.02. The molecule has 7 nitrogen and oxygen atoms in total. The quantitative estimate of drug-likeness (QED) is 0.411. The number of benzene rings is 3. The van der Waals surface area contributed by atoms with E-state index in [0.29, 0.717) is 22.6 Å². The SMILES string of the molecule is Cc1ccccc1C(=O)NC(C(=O)Nc1ccc(NC(=O)Nc2ccccc2)cc1)C(C)C. The average Bonchev–Trinajstić information content (AvgIpc) is 2.79. The van der Waals surface area contributed by atoms with E-state index in [-0.39, 0.29) is 23.8 Å². The Morgan fingerprint density at radius 3 is 1.76 bits per heavy atom. The van der Waals surface area contributed by atoms with Crippen LogP contribution in [0, 0.1) is 12.8 Å². The third-order valence-electron chi connectivity index (χ3n) is 5.07. The molecule has 0 aliphatic carbocycles. The van der Waals surface area contributed by atoms with Crippen LogP contribution in [0.1, 0.15) is 29.8 Å². The van der Waals surface area contributed by atoms with Gasteiger partial charge in [-0.15, -0.1) is 0 Å². The van der Waals surface area contributed by atoms with E-state index in [1.54, 1.807) is 48.5 Å². The molecule has 0 saturated heterocycles. The molecule has 0 heterocycles. The molecule has 3 rings (SSSR count). The number of rotatable bonds is 7. The monoisotopic (exact) mass is 444 g/mol. The molecule has 33 heavy (non-hydrogen) atoms. The highest BCUT2D eigenvalue weighted by Crippen LogP contribution is 2.16. The van der Waals surface area contributed by atoms with Crippen molar-refractivity contribution >= 4 is 34.9 Å². The Morgan fingerprint density at radius 1 is 0.667 bits per heavy atom. The molecule has 4 amide bonds. The summed E-state index contributed by atoms with van der Waals surface area (Å²) in [4.78, 5) is 37.7. The van der Waals surface area contributed by atoms with Gasteiger partial charge in [0.05, 0.1) is 0 Å². The Hall–Kier alpha value is -4.13. The lowest BCUT2D eigenvalue weighted by atomic mass is 10.0. The first-order valence-electron chi connectivity index (χ1n) is 10.7. The summed E-state index contributed by atoms with van der Waals surface area (Å²) in [5, 5.41) is 11.2. The van der Waals surface area contributed by atoms with Crippen molar-refractivity contribution in [2.75, 3.05) is 16.0 Å². The Kier molecular flexibility index (Phi) is 7.81. The van der Waals surface area contributed by atoms with E-state index >= 15 is 0 Å². The lowest BCUT2D eigenvalue weighted by Crippen LogP contribution is -2.47. The Balaban J connectivity index is 1.59. The fourth-order valence-electron chi connectivity index (χ4n) is 3.25. The van der Waals surface area contributed by atoms with Crippen LogP contribution < -0.4 is 21.3 Å². The summed E-state index contributed by atoms with van der Waals surface area (Å²) in [5.41, 5.74) is 3.21. The van der Waals surface area contributed by atoms with Crippen LogP contribution in [0.3, 0.4) is 0 Å². The summed E-state index contributed by atoms with van der Waals surface area (Å²) in [5.74, 6) is -0.707. The molecule has 4 N–H and O–H groups in total. The number of hydrogen-bond donors (Lipinski definition) is 4. The zero-order valence-corrected chi connectivity index (χ0v) is 18.9. The van der Waals surface area contributed by atoms with Crippen molar-refractivity contribution in [1.29, 1.82) is 0 Å². The van der Waals surface area contributed by atoms with Crippen molar-refractivity contribution in [2.45, 2.75) is 26.8 Å². The molecule has 170 valence electrons. The minimum Gasteiger partial charge on any atom is -0.340 e. The molecular formula is C26H28N4O3. The van der Waals surface area contributed by atoms with E-state index < -0.39 is 6.04 Å². The van der Waals surface area contributed by atoms with Crippen LogP contribution >= 0.6 is 0 Å².